The molecule has 1 heterocycles. The summed E-state index contributed by atoms with van der Waals surface area (Å²) in [7, 11) is 0. The number of halogens is 3. The van der Waals surface area contributed by atoms with Gasteiger partial charge in [0.2, 0.25) is 0 Å². The first-order valence-electron chi connectivity index (χ1n) is 3.45. The Kier molecular flexibility index (Phi) is 2.78. The molecule has 0 unspecified atom stereocenters. The lowest BCUT2D eigenvalue weighted by Gasteiger charge is -2.04. The third kappa shape index (κ3) is 1.83. The van der Waals surface area contributed by atoms with Gasteiger partial charge in [-0.3, -0.25) is 4.79 Å². The van der Waals surface area contributed by atoms with E-state index in [1.807, 2.05) is 0 Å². The molecule has 0 N–H and O–H groups in total. The number of nitriles is 2. The van der Waals surface area contributed by atoms with Crippen LogP contribution in [0.1, 0.15) is 25.7 Å². The van der Waals surface area contributed by atoms with Crippen LogP contribution in [0.25, 0.3) is 0 Å². The van der Waals surface area contributed by atoms with Crippen LogP contribution < -0.4 is 0 Å². The van der Waals surface area contributed by atoms with Crippen molar-refractivity contribution in [2.24, 2.45) is 0 Å². The van der Waals surface area contributed by atoms with Gasteiger partial charge in [-0.25, -0.2) is 0 Å². The summed E-state index contributed by atoms with van der Waals surface area (Å²) in [6, 6.07) is 2.74. The van der Waals surface area contributed by atoms with E-state index in [-0.39, 0.29) is 6.29 Å². The first-order chi connectivity index (χ1) is 6.95. The van der Waals surface area contributed by atoms with E-state index < -0.39 is 27.1 Å². The van der Waals surface area contributed by atoms with Gasteiger partial charge < -0.3 is 0 Å². The maximum Gasteiger partial charge on any atom is 0.419 e. The van der Waals surface area contributed by atoms with Crippen LogP contribution in [0.5, 0.6) is 0 Å². The quantitative estimate of drug-likeness (QED) is 0.695. The van der Waals surface area contributed by atoms with E-state index in [1.165, 1.54) is 12.1 Å². The number of alkyl halides is 3. The Morgan fingerprint density at radius 3 is 2.20 bits per heavy atom. The van der Waals surface area contributed by atoms with E-state index >= 15 is 0 Å². The van der Waals surface area contributed by atoms with Crippen LogP contribution in [-0.4, -0.2) is 6.29 Å². The molecule has 0 radical (unpaired) electrons. The van der Waals surface area contributed by atoms with Gasteiger partial charge in [-0.2, -0.15) is 23.7 Å². The normalized spacial score (nSPS) is 10.5. The van der Waals surface area contributed by atoms with Gasteiger partial charge in [0.25, 0.3) is 0 Å². The second-order valence-corrected chi connectivity index (χ2v) is 3.44. The molecule has 1 aromatic rings. The van der Waals surface area contributed by atoms with E-state index in [0.29, 0.717) is 11.3 Å². The van der Waals surface area contributed by atoms with Crippen LogP contribution in [0.15, 0.2) is 0 Å². The van der Waals surface area contributed by atoms with Gasteiger partial charge in [-0.05, 0) is 0 Å². The molecule has 0 aromatic carbocycles. The lowest BCUT2D eigenvalue weighted by atomic mass is 10.1. The molecule has 3 nitrogen and oxygen atoms in total. The summed E-state index contributed by atoms with van der Waals surface area (Å²) >= 11 is 0.366. The highest BCUT2D eigenvalue weighted by Gasteiger charge is 2.39. The topological polar surface area (TPSA) is 64.7 Å². The van der Waals surface area contributed by atoms with Gasteiger partial charge in [0.15, 0.2) is 6.29 Å². The molecule has 0 amide bonds. The van der Waals surface area contributed by atoms with Crippen LogP contribution in [-0.2, 0) is 6.18 Å². The van der Waals surface area contributed by atoms with Crippen molar-refractivity contribution in [2.75, 3.05) is 0 Å². The molecular formula is C8HF3N2OS. The summed E-state index contributed by atoms with van der Waals surface area (Å²) in [5, 5.41) is 17.0. The van der Waals surface area contributed by atoms with Crippen LogP contribution in [0.4, 0.5) is 13.2 Å². The van der Waals surface area contributed by atoms with E-state index in [4.69, 9.17) is 10.5 Å². The number of carbonyl (C=O) groups excluding carboxylic acids is 1. The number of thiophene rings is 1. The van der Waals surface area contributed by atoms with Crippen LogP contribution in [0.3, 0.4) is 0 Å². The zero-order chi connectivity index (χ0) is 11.6. The molecule has 0 fully saturated rings. The molecule has 0 saturated heterocycles. The maximum atomic E-state index is 12.4. The third-order valence-corrected chi connectivity index (χ3v) is 2.56. The third-order valence-electron chi connectivity index (χ3n) is 1.54. The molecular weight excluding hydrogens is 229 g/mol. The largest absolute Gasteiger partial charge is 0.419 e. The minimum atomic E-state index is -4.80. The molecule has 1 rings (SSSR count). The summed E-state index contributed by atoms with van der Waals surface area (Å²) in [5.41, 5.74) is -2.10. The Bertz CT molecular complexity index is 490. The summed E-state index contributed by atoms with van der Waals surface area (Å²) < 4.78 is 37.3. The van der Waals surface area contributed by atoms with Gasteiger partial charge in [0, 0.05) is 0 Å². The number of aldehydes is 1. The highest BCUT2D eigenvalue weighted by Crippen LogP contribution is 2.39. The van der Waals surface area contributed by atoms with Crippen LogP contribution in [0, 0.1) is 22.7 Å². The number of carbonyl (C=O) groups is 1. The highest BCUT2D eigenvalue weighted by molar-refractivity contribution is 7.14. The maximum absolute atomic E-state index is 12.4. The van der Waals surface area contributed by atoms with Crippen molar-refractivity contribution < 1.29 is 18.0 Å². The molecule has 0 aliphatic rings. The van der Waals surface area contributed by atoms with Crippen molar-refractivity contribution in [1.29, 1.82) is 10.5 Å². The molecule has 0 atom stereocenters. The van der Waals surface area contributed by atoms with Gasteiger partial charge in [0.1, 0.15) is 17.0 Å². The summed E-state index contributed by atoms with van der Waals surface area (Å²) in [4.78, 5) is 9.32. The summed E-state index contributed by atoms with van der Waals surface area (Å²) in [6.45, 7) is 0. The molecule has 0 spiro atoms. The van der Waals surface area contributed by atoms with Gasteiger partial charge in [-0.1, -0.05) is 0 Å². The van der Waals surface area contributed by atoms with Gasteiger partial charge in [0.05, 0.1) is 16.0 Å². The molecule has 7 heteroatoms. The Balaban J connectivity index is 3.63. The van der Waals surface area contributed by atoms with Gasteiger partial charge >= 0.3 is 6.18 Å². The molecule has 76 valence electrons. The van der Waals surface area contributed by atoms with E-state index in [1.54, 1.807) is 0 Å². The molecule has 0 saturated carbocycles. The Morgan fingerprint density at radius 1 is 1.27 bits per heavy atom. The lowest BCUT2D eigenvalue weighted by molar-refractivity contribution is -0.137. The number of hydrogen-bond donors (Lipinski definition) is 0. The fourth-order valence-electron chi connectivity index (χ4n) is 0.999. The minimum Gasteiger partial charge on any atom is -0.297 e. The van der Waals surface area contributed by atoms with Crippen molar-refractivity contribution in [2.45, 2.75) is 6.18 Å². The van der Waals surface area contributed by atoms with E-state index in [2.05, 4.69) is 0 Å². The molecule has 15 heavy (non-hydrogen) atoms. The van der Waals surface area contributed by atoms with E-state index in [0.717, 1.165) is 0 Å². The molecule has 0 aliphatic carbocycles. The zero-order valence-electron chi connectivity index (χ0n) is 6.92. The molecule has 0 bridgehead atoms. The summed E-state index contributed by atoms with van der Waals surface area (Å²) in [6.07, 6.45) is -4.80. The Hall–Kier alpha value is -1.86. The minimum absolute atomic E-state index is 0.00479. The number of nitrogens with zero attached hydrogens (tertiary/aromatic N) is 2. The first kappa shape index (κ1) is 11.2. The fourth-order valence-corrected chi connectivity index (χ4v) is 1.88. The number of rotatable bonds is 1. The SMILES string of the molecule is N#Cc1sc(C=O)c(C(F)(F)F)c1C#N. The monoisotopic (exact) mass is 230 g/mol. The standard InChI is InChI=1S/C8HF3N2OS/c9-8(10,11)7-4(1-12)5(2-13)15-6(7)3-14/h3H. The van der Waals surface area contributed by atoms with Crippen LogP contribution >= 0.6 is 11.3 Å². The van der Waals surface area contributed by atoms with Crippen LogP contribution in [0.2, 0.25) is 0 Å². The zero-order valence-corrected chi connectivity index (χ0v) is 7.74. The molecule has 1 aromatic heterocycles. The summed E-state index contributed by atoms with van der Waals surface area (Å²) in [5.74, 6) is 0. The molecule has 0 aliphatic heterocycles. The average molecular weight is 230 g/mol. The lowest BCUT2D eigenvalue weighted by Crippen LogP contribution is -2.08. The van der Waals surface area contributed by atoms with Crippen molar-refractivity contribution in [3.63, 3.8) is 0 Å². The fraction of sp³-hybridized carbons (Fsp3) is 0.125. The van der Waals surface area contributed by atoms with Gasteiger partial charge in [-0.15, -0.1) is 11.3 Å². The predicted octanol–water partition coefficient (Wildman–Crippen LogP) is 2.32. The second kappa shape index (κ2) is 3.71. The number of hydrogen-bond acceptors (Lipinski definition) is 4. The highest BCUT2D eigenvalue weighted by atomic mass is 32.1. The van der Waals surface area contributed by atoms with Crippen molar-refractivity contribution in [3.8, 4) is 12.1 Å². The Labute approximate surface area is 86.0 Å². The Morgan fingerprint density at radius 2 is 1.87 bits per heavy atom. The second-order valence-electron chi connectivity index (χ2n) is 2.38. The first-order valence-corrected chi connectivity index (χ1v) is 4.26. The smallest absolute Gasteiger partial charge is 0.297 e. The van der Waals surface area contributed by atoms with Crippen molar-refractivity contribution >= 4 is 17.6 Å². The van der Waals surface area contributed by atoms with E-state index in [9.17, 15) is 18.0 Å². The predicted molar refractivity (Wildman–Crippen MR) is 44.1 cm³/mol. The van der Waals surface area contributed by atoms with Crippen molar-refractivity contribution in [1.82, 2.24) is 0 Å². The average Bonchev–Trinajstić information content (AvgIpc) is 2.54. The van der Waals surface area contributed by atoms with Crippen molar-refractivity contribution in [3.05, 3.63) is 20.9 Å².